The first kappa shape index (κ1) is 14.6. The van der Waals surface area contributed by atoms with Gasteiger partial charge in [-0.3, -0.25) is 0 Å². The average molecular weight is 264 g/mol. The van der Waals surface area contributed by atoms with Crippen LogP contribution in [-0.4, -0.2) is 14.7 Å². The van der Waals surface area contributed by atoms with Crippen molar-refractivity contribution in [2.45, 2.75) is 71.4 Å². The van der Waals surface area contributed by atoms with Gasteiger partial charge in [0.15, 0.2) is 0 Å². The summed E-state index contributed by atoms with van der Waals surface area (Å²) < 4.78 is 2.14. The van der Waals surface area contributed by atoms with E-state index in [1.54, 1.807) is 0 Å². The van der Waals surface area contributed by atoms with Crippen LogP contribution in [-0.2, 0) is 12.1 Å². The number of aliphatic hydroxyl groups is 1. The van der Waals surface area contributed by atoms with Crippen LogP contribution in [0.3, 0.4) is 0 Å². The summed E-state index contributed by atoms with van der Waals surface area (Å²) in [7, 11) is 0. The summed E-state index contributed by atoms with van der Waals surface area (Å²) in [5.74, 6) is 2.25. The Bertz CT molecular complexity index is 399. The van der Waals surface area contributed by atoms with E-state index in [1.165, 1.54) is 12.8 Å². The van der Waals surface area contributed by atoms with Crippen LogP contribution in [0, 0.1) is 11.8 Å². The number of rotatable bonds is 5. The Balaban J connectivity index is 2.14. The SMILES string of the molecule is CCCn1ccnc1C1(O)CCCC(CC(C)C)C1. The summed E-state index contributed by atoms with van der Waals surface area (Å²) >= 11 is 0. The molecular weight excluding hydrogens is 236 g/mol. The maximum Gasteiger partial charge on any atom is 0.140 e. The highest BCUT2D eigenvalue weighted by Gasteiger charge is 2.39. The molecule has 1 saturated carbocycles. The molecule has 0 aromatic carbocycles. The van der Waals surface area contributed by atoms with Gasteiger partial charge in [0.1, 0.15) is 11.4 Å². The van der Waals surface area contributed by atoms with Crippen molar-refractivity contribution in [1.82, 2.24) is 9.55 Å². The zero-order valence-corrected chi connectivity index (χ0v) is 12.6. The van der Waals surface area contributed by atoms with Gasteiger partial charge in [0, 0.05) is 18.9 Å². The minimum absolute atomic E-state index is 0.644. The van der Waals surface area contributed by atoms with E-state index in [9.17, 15) is 5.11 Å². The first-order valence-corrected chi connectivity index (χ1v) is 7.79. The van der Waals surface area contributed by atoms with Gasteiger partial charge in [-0.2, -0.15) is 0 Å². The first-order valence-electron chi connectivity index (χ1n) is 7.79. The van der Waals surface area contributed by atoms with Crippen molar-refractivity contribution in [2.24, 2.45) is 11.8 Å². The molecule has 3 nitrogen and oxygen atoms in total. The lowest BCUT2D eigenvalue weighted by molar-refractivity contribution is -0.0346. The Hall–Kier alpha value is -0.830. The fraction of sp³-hybridized carbons (Fsp3) is 0.812. The Morgan fingerprint density at radius 1 is 1.53 bits per heavy atom. The standard InChI is InChI=1S/C16H28N2O/c1-4-9-18-10-8-17-15(18)16(19)7-5-6-14(12-16)11-13(2)3/h8,10,13-14,19H,4-7,9,11-12H2,1-3H3. The molecule has 1 aromatic heterocycles. The molecular formula is C16H28N2O. The van der Waals surface area contributed by atoms with E-state index in [0.717, 1.165) is 38.1 Å². The number of hydrogen-bond acceptors (Lipinski definition) is 2. The summed E-state index contributed by atoms with van der Waals surface area (Å²) in [5, 5.41) is 11.0. The van der Waals surface area contributed by atoms with Crippen LogP contribution >= 0.6 is 0 Å². The highest BCUT2D eigenvalue weighted by Crippen LogP contribution is 2.41. The minimum Gasteiger partial charge on any atom is -0.382 e. The smallest absolute Gasteiger partial charge is 0.140 e. The van der Waals surface area contributed by atoms with Crippen LogP contribution < -0.4 is 0 Å². The molecule has 2 rings (SSSR count). The summed E-state index contributed by atoms with van der Waals surface area (Å²) in [5.41, 5.74) is -0.698. The molecule has 3 heteroatoms. The largest absolute Gasteiger partial charge is 0.382 e. The topological polar surface area (TPSA) is 38.0 Å². The number of aryl methyl sites for hydroxylation is 1. The third-order valence-electron chi connectivity index (χ3n) is 4.23. The van der Waals surface area contributed by atoms with Gasteiger partial charge in [-0.05, 0) is 43.9 Å². The lowest BCUT2D eigenvalue weighted by atomic mass is 9.74. The Labute approximate surface area is 117 Å². The summed E-state index contributed by atoms with van der Waals surface area (Å²) in [6, 6.07) is 0. The molecule has 1 aromatic rings. The number of aromatic nitrogens is 2. The molecule has 1 heterocycles. The Morgan fingerprint density at radius 3 is 3.00 bits per heavy atom. The molecule has 1 aliphatic rings. The molecule has 0 saturated heterocycles. The molecule has 0 bridgehead atoms. The van der Waals surface area contributed by atoms with Gasteiger partial charge in [0.05, 0.1) is 0 Å². The van der Waals surface area contributed by atoms with E-state index in [1.807, 2.05) is 12.4 Å². The van der Waals surface area contributed by atoms with Crippen molar-refractivity contribution >= 4 is 0 Å². The molecule has 1 N–H and O–H groups in total. The van der Waals surface area contributed by atoms with Gasteiger partial charge in [-0.15, -0.1) is 0 Å². The average Bonchev–Trinajstić information content (AvgIpc) is 2.77. The first-order chi connectivity index (χ1) is 9.05. The normalized spacial score (nSPS) is 27.9. The van der Waals surface area contributed by atoms with Crippen LogP contribution in [0.25, 0.3) is 0 Å². The second-order valence-corrected chi connectivity index (χ2v) is 6.57. The van der Waals surface area contributed by atoms with Crippen molar-refractivity contribution in [3.8, 4) is 0 Å². The van der Waals surface area contributed by atoms with Gasteiger partial charge in [0.25, 0.3) is 0 Å². The van der Waals surface area contributed by atoms with E-state index in [4.69, 9.17) is 0 Å². The molecule has 0 radical (unpaired) electrons. The van der Waals surface area contributed by atoms with Crippen LogP contribution in [0.15, 0.2) is 12.4 Å². The van der Waals surface area contributed by atoms with Crippen LogP contribution in [0.4, 0.5) is 0 Å². The van der Waals surface area contributed by atoms with Crippen molar-refractivity contribution in [1.29, 1.82) is 0 Å². The van der Waals surface area contributed by atoms with Gasteiger partial charge in [-0.1, -0.05) is 27.2 Å². The number of hydrogen-bond donors (Lipinski definition) is 1. The molecule has 19 heavy (non-hydrogen) atoms. The van der Waals surface area contributed by atoms with Crippen molar-refractivity contribution in [3.05, 3.63) is 18.2 Å². The fourth-order valence-electron chi connectivity index (χ4n) is 3.57. The minimum atomic E-state index is -0.698. The maximum atomic E-state index is 11.0. The molecule has 0 aliphatic heterocycles. The molecule has 2 unspecified atom stereocenters. The summed E-state index contributed by atoms with van der Waals surface area (Å²) in [4.78, 5) is 4.46. The van der Waals surface area contributed by atoms with E-state index >= 15 is 0 Å². The molecule has 0 spiro atoms. The number of nitrogens with zero attached hydrogens (tertiary/aromatic N) is 2. The van der Waals surface area contributed by atoms with Gasteiger partial charge in [0.2, 0.25) is 0 Å². The summed E-state index contributed by atoms with van der Waals surface area (Å²) in [6.45, 7) is 7.65. The highest BCUT2D eigenvalue weighted by atomic mass is 16.3. The molecule has 2 atom stereocenters. The third kappa shape index (κ3) is 3.38. The van der Waals surface area contributed by atoms with Crippen molar-refractivity contribution < 1.29 is 5.11 Å². The predicted molar refractivity (Wildman–Crippen MR) is 77.8 cm³/mol. The maximum absolute atomic E-state index is 11.0. The zero-order valence-electron chi connectivity index (χ0n) is 12.6. The van der Waals surface area contributed by atoms with E-state index in [0.29, 0.717) is 11.8 Å². The molecule has 1 aliphatic carbocycles. The summed E-state index contributed by atoms with van der Waals surface area (Å²) in [6.07, 6.45) is 10.2. The van der Waals surface area contributed by atoms with Crippen molar-refractivity contribution in [3.63, 3.8) is 0 Å². The van der Waals surface area contributed by atoms with E-state index < -0.39 is 5.60 Å². The van der Waals surface area contributed by atoms with Crippen molar-refractivity contribution in [2.75, 3.05) is 0 Å². The Kier molecular flexibility index (Phi) is 4.67. The molecule has 1 fully saturated rings. The second-order valence-electron chi connectivity index (χ2n) is 6.57. The monoisotopic (exact) mass is 264 g/mol. The number of imidazole rings is 1. The zero-order chi connectivity index (χ0) is 13.9. The fourth-order valence-corrected chi connectivity index (χ4v) is 3.57. The Morgan fingerprint density at radius 2 is 2.32 bits per heavy atom. The van der Waals surface area contributed by atoms with Crippen LogP contribution in [0.1, 0.15) is 65.1 Å². The lowest BCUT2D eigenvalue weighted by Crippen LogP contribution is -2.36. The van der Waals surface area contributed by atoms with Gasteiger partial charge < -0.3 is 9.67 Å². The molecule has 0 amide bonds. The van der Waals surface area contributed by atoms with Gasteiger partial charge in [-0.25, -0.2) is 4.98 Å². The second kappa shape index (κ2) is 6.08. The van der Waals surface area contributed by atoms with Gasteiger partial charge >= 0.3 is 0 Å². The quantitative estimate of drug-likeness (QED) is 0.880. The third-order valence-corrected chi connectivity index (χ3v) is 4.23. The molecule has 108 valence electrons. The van der Waals surface area contributed by atoms with E-state index in [2.05, 4.69) is 30.3 Å². The van der Waals surface area contributed by atoms with E-state index in [-0.39, 0.29) is 0 Å². The van der Waals surface area contributed by atoms with Crippen LogP contribution in [0.5, 0.6) is 0 Å². The highest BCUT2D eigenvalue weighted by molar-refractivity contribution is 5.07. The van der Waals surface area contributed by atoms with Crippen LogP contribution in [0.2, 0.25) is 0 Å². The lowest BCUT2D eigenvalue weighted by Gasteiger charge is -2.37. The predicted octanol–water partition coefficient (Wildman–Crippen LogP) is 3.72.